The first-order chi connectivity index (χ1) is 17.0. The zero-order chi connectivity index (χ0) is 24.4. The standard InChI is InChI=1S/C26H17Cl2N3O2S2/c27-20-11-10-17(12-21(20)28)31-25(33)19-8-4-5-9-22(19)30-26(31)35-14-18(32)13-24-29-23(15-34-24)16-6-2-1-3-7-16/h1-12,15H,13-14H2. The molecular weight excluding hydrogens is 521 g/mol. The molecule has 0 N–H and O–H groups in total. The number of ketones is 1. The van der Waals surface area contributed by atoms with Crippen LogP contribution < -0.4 is 5.56 Å². The number of aromatic nitrogens is 3. The zero-order valence-corrected chi connectivity index (χ0v) is 21.3. The third-order valence-electron chi connectivity index (χ3n) is 5.24. The fourth-order valence-corrected chi connectivity index (χ4v) is 5.56. The van der Waals surface area contributed by atoms with E-state index in [9.17, 15) is 9.59 Å². The summed E-state index contributed by atoms with van der Waals surface area (Å²) in [5.74, 6) is 0.138. The van der Waals surface area contributed by atoms with Crippen molar-refractivity contribution in [3.63, 3.8) is 0 Å². The van der Waals surface area contributed by atoms with Crippen molar-refractivity contribution in [2.24, 2.45) is 0 Å². The number of carbonyl (C=O) groups is 1. The lowest BCUT2D eigenvalue weighted by atomic mass is 10.2. The Morgan fingerprint density at radius 2 is 1.71 bits per heavy atom. The minimum absolute atomic E-state index is 0.00735. The smallest absolute Gasteiger partial charge is 0.266 e. The molecule has 0 bridgehead atoms. The van der Waals surface area contributed by atoms with E-state index in [-0.39, 0.29) is 23.5 Å². The van der Waals surface area contributed by atoms with Gasteiger partial charge < -0.3 is 0 Å². The van der Waals surface area contributed by atoms with Crippen LogP contribution in [0.5, 0.6) is 0 Å². The van der Waals surface area contributed by atoms with Crippen molar-refractivity contribution in [2.45, 2.75) is 11.6 Å². The largest absolute Gasteiger partial charge is 0.298 e. The number of Topliss-reactive ketones (excluding diaryl/α,β-unsaturated/α-hetero) is 1. The van der Waals surface area contributed by atoms with Gasteiger partial charge in [-0.15, -0.1) is 11.3 Å². The van der Waals surface area contributed by atoms with E-state index >= 15 is 0 Å². The normalized spacial score (nSPS) is 11.1. The molecule has 2 heterocycles. The maximum atomic E-state index is 13.4. The molecule has 0 aliphatic carbocycles. The monoisotopic (exact) mass is 537 g/mol. The molecule has 0 amide bonds. The summed E-state index contributed by atoms with van der Waals surface area (Å²) in [5.41, 5.74) is 2.73. The summed E-state index contributed by atoms with van der Waals surface area (Å²) in [5, 5.41) is 4.31. The topological polar surface area (TPSA) is 64.8 Å². The molecule has 9 heteroatoms. The van der Waals surface area contributed by atoms with Crippen LogP contribution >= 0.6 is 46.3 Å². The summed E-state index contributed by atoms with van der Waals surface area (Å²) >= 11 is 15.0. The second-order valence-electron chi connectivity index (χ2n) is 7.65. The van der Waals surface area contributed by atoms with Gasteiger partial charge in [-0.2, -0.15) is 0 Å². The SMILES string of the molecule is O=C(CSc1nc2ccccc2c(=O)n1-c1ccc(Cl)c(Cl)c1)Cc1nc(-c2ccccc2)cs1. The molecule has 174 valence electrons. The van der Waals surface area contributed by atoms with Gasteiger partial charge in [0.25, 0.3) is 5.56 Å². The lowest BCUT2D eigenvalue weighted by Crippen LogP contribution is -2.22. The Bertz CT molecular complexity index is 1600. The highest BCUT2D eigenvalue weighted by Gasteiger charge is 2.17. The summed E-state index contributed by atoms with van der Waals surface area (Å²) in [6.45, 7) is 0. The third kappa shape index (κ3) is 5.18. The predicted octanol–water partition coefficient (Wildman–Crippen LogP) is 6.72. The van der Waals surface area contributed by atoms with Crippen LogP contribution in [0.15, 0.2) is 88.1 Å². The number of thiazole rings is 1. The zero-order valence-electron chi connectivity index (χ0n) is 18.2. The molecule has 2 aromatic heterocycles. The second-order valence-corrected chi connectivity index (χ2v) is 10.3. The van der Waals surface area contributed by atoms with Crippen molar-refractivity contribution >= 4 is 63.0 Å². The van der Waals surface area contributed by atoms with Gasteiger partial charge >= 0.3 is 0 Å². The predicted molar refractivity (Wildman–Crippen MR) is 144 cm³/mol. The minimum atomic E-state index is -0.239. The van der Waals surface area contributed by atoms with Crippen LogP contribution in [0, 0.1) is 0 Å². The van der Waals surface area contributed by atoms with Crippen molar-refractivity contribution in [1.82, 2.24) is 14.5 Å². The van der Waals surface area contributed by atoms with Gasteiger partial charge in [0.15, 0.2) is 5.16 Å². The van der Waals surface area contributed by atoms with Gasteiger partial charge in [-0.05, 0) is 30.3 Å². The number of hydrogen-bond acceptors (Lipinski definition) is 6. The van der Waals surface area contributed by atoms with Gasteiger partial charge in [0, 0.05) is 10.9 Å². The number of halogens is 2. The van der Waals surface area contributed by atoms with E-state index in [4.69, 9.17) is 23.2 Å². The number of rotatable bonds is 7. The Kier molecular flexibility index (Phi) is 7.02. The van der Waals surface area contributed by atoms with Crippen molar-refractivity contribution in [1.29, 1.82) is 0 Å². The van der Waals surface area contributed by atoms with E-state index in [2.05, 4.69) is 9.97 Å². The Hall–Kier alpha value is -2.97. The van der Waals surface area contributed by atoms with Gasteiger partial charge in [0.1, 0.15) is 10.8 Å². The molecule has 0 fully saturated rings. The molecule has 35 heavy (non-hydrogen) atoms. The second kappa shape index (κ2) is 10.3. The number of hydrogen-bond donors (Lipinski definition) is 0. The van der Waals surface area contributed by atoms with Crippen LogP contribution in [0.1, 0.15) is 5.01 Å². The number of nitrogens with zero attached hydrogens (tertiary/aromatic N) is 3. The van der Waals surface area contributed by atoms with Crippen molar-refractivity contribution in [3.8, 4) is 16.9 Å². The average molecular weight is 538 g/mol. The Morgan fingerprint density at radius 3 is 2.51 bits per heavy atom. The first-order valence-corrected chi connectivity index (χ1v) is 13.2. The van der Waals surface area contributed by atoms with E-state index in [0.717, 1.165) is 16.3 Å². The number of para-hydroxylation sites is 1. The summed E-state index contributed by atoms with van der Waals surface area (Å²) in [7, 11) is 0. The van der Waals surface area contributed by atoms with E-state index in [1.54, 1.807) is 36.4 Å². The van der Waals surface area contributed by atoms with Gasteiger partial charge in [-0.25, -0.2) is 9.97 Å². The molecule has 5 rings (SSSR count). The van der Waals surface area contributed by atoms with Crippen molar-refractivity contribution in [2.75, 3.05) is 5.75 Å². The number of fused-ring (bicyclic) bond motifs is 1. The summed E-state index contributed by atoms with van der Waals surface area (Å²) < 4.78 is 1.47. The maximum absolute atomic E-state index is 13.4. The van der Waals surface area contributed by atoms with Crippen molar-refractivity contribution in [3.05, 3.63) is 104 Å². The van der Waals surface area contributed by atoms with Crippen LogP contribution in [0.2, 0.25) is 10.0 Å². The lowest BCUT2D eigenvalue weighted by Gasteiger charge is -2.13. The molecule has 0 atom stereocenters. The molecule has 0 radical (unpaired) electrons. The Morgan fingerprint density at radius 1 is 0.943 bits per heavy atom. The fraction of sp³-hybridized carbons (Fsp3) is 0.0769. The quantitative estimate of drug-likeness (QED) is 0.170. The fourth-order valence-electron chi connectivity index (χ4n) is 3.56. The highest BCUT2D eigenvalue weighted by molar-refractivity contribution is 7.99. The molecule has 0 spiro atoms. The van der Waals surface area contributed by atoms with Crippen LogP contribution in [0.25, 0.3) is 27.8 Å². The van der Waals surface area contributed by atoms with Gasteiger partial charge in [0.2, 0.25) is 0 Å². The number of thioether (sulfide) groups is 1. The lowest BCUT2D eigenvalue weighted by molar-refractivity contribution is -0.116. The van der Waals surface area contributed by atoms with Gasteiger partial charge in [0.05, 0.1) is 44.5 Å². The van der Waals surface area contributed by atoms with Crippen molar-refractivity contribution < 1.29 is 4.79 Å². The van der Waals surface area contributed by atoms with E-state index in [0.29, 0.717) is 31.8 Å². The van der Waals surface area contributed by atoms with E-state index in [1.807, 2.05) is 41.8 Å². The molecule has 5 nitrogen and oxygen atoms in total. The van der Waals surface area contributed by atoms with Crippen LogP contribution in [0.4, 0.5) is 0 Å². The molecule has 0 aliphatic heterocycles. The summed E-state index contributed by atoms with van der Waals surface area (Å²) in [6, 6.07) is 21.9. The van der Waals surface area contributed by atoms with Gasteiger partial charge in [-0.3, -0.25) is 14.2 Å². The van der Waals surface area contributed by atoms with Crippen LogP contribution in [-0.4, -0.2) is 26.1 Å². The first-order valence-electron chi connectivity index (χ1n) is 10.6. The highest BCUT2D eigenvalue weighted by Crippen LogP contribution is 2.28. The number of benzene rings is 3. The molecule has 0 saturated carbocycles. The van der Waals surface area contributed by atoms with E-state index in [1.165, 1.54) is 27.7 Å². The third-order valence-corrected chi connectivity index (χ3v) is 7.82. The summed E-state index contributed by atoms with van der Waals surface area (Å²) in [4.78, 5) is 35.5. The Balaban J connectivity index is 1.41. The van der Waals surface area contributed by atoms with Gasteiger partial charge in [-0.1, -0.05) is 77.4 Å². The molecule has 0 aliphatic rings. The minimum Gasteiger partial charge on any atom is -0.298 e. The molecule has 3 aromatic carbocycles. The van der Waals surface area contributed by atoms with Crippen LogP contribution in [-0.2, 0) is 11.2 Å². The average Bonchev–Trinajstić information content (AvgIpc) is 3.34. The molecule has 0 saturated heterocycles. The molecule has 5 aromatic rings. The highest BCUT2D eigenvalue weighted by atomic mass is 35.5. The molecule has 0 unspecified atom stereocenters. The number of carbonyl (C=O) groups excluding carboxylic acids is 1. The summed E-state index contributed by atoms with van der Waals surface area (Å²) in [6.07, 6.45) is 0.217. The van der Waals surface area contributed by atoms with Crippen LogP contribution in [0.3, 0.4) is 0 Å². The molecular formula is C26H17Cl2N3O2S2. The van der Waals surface area contributed by atoms with E-state index < -0.39 is 0 Å². The maximum Gasteiger partial charge on any atom is 0.266 e. The Labute approximate surface area is 219 Å². The first kappa shape index (κ1) is 23.8.